The van der Waals surface area contributed by atoms with Crippen molar-refractivity contribution >= 4 is 17.3 Å². The largest absolute Gasteiger partial charge is 0.461 e. The van der Waals surface area contributed by atoms with E-state index in [4.69, 9.17) is 10.5 Å². The normalized spacial score (nSPS) is 20.0. The van der Waals surface area contributed by atoms with Crippen molar-refractivity contribution in [3.8, 4) is 0 Å². The maximum absolute atomic E-state index is 11.6. The molecule has 2 N–H and O–H groups in total. The van der Waals surface area contributed by atoms with Gasteiger partial charge in [0.15, 0.2) is 0 Å². The summed E-state index contributed by atoms with van der Waals surface area (Å²) in [4.78, 5) is 18.4. The number of ether oxygens (including phenoxy) is 1. The van der Waals surface area contributed by atoms with Crippen LogP contribution in [0.25, 0.3) is 0 Å². The number of carbonyl (C=O) groups is 1. The van der Waals surface area contributed by atoms with Crippen molar-refractivity contribution in [2.75, 3.05) is 26.2 Å². The van der Waals surface area contributed by atoms with E-state index >= 15 is 0 Å². The average molecular weight is 297 g/mol. The smallest absolute Gasteiger partial charge is 0.367 e. The van der Waals surface area contributed by atoms with Gasteiger partial charge in [0, 0.05) is 18.5 Å². The van der Waals surface area contributed by atoms with Crippen molar-refractivity contribution in [1.29, 1.82) is 0 Å². The fraction of sp³-hybridized carbons (Fsp3) is 0.714. The maximum Gasteiger partial charge on any atom is 0.367 e. The van der Waals surface area contributed by atoms with Crippen molar-refractivity contribution in [2.45, 2.75) is 32.7 Å². The van der Waals surface area contributed by atoms with E-state index in [1.807, 2.05) is 5.38 Å². The van der Waals surface area contributed by atoms with Gasteiger partial charge in [-0.25, -0.2) is 9.78 Å². The molecule has 6 heteroatoms. The Morgan fingerprint density at radius 2 is 2.50 bits per heavy atom. The molecule has 1 saturated heterocycles. The van der Waals surface area contributed by atoms with Crippen LogP contribution in [0.3, 0.4) is 0 Å². The van der Waals surface area contributed by atoms with Crippen LogP contribution in [0.1, 0.15) is 41.7 Å². The van der Waals surface area contributed by atoms with Crippen LogP contribution in [-0.4, -0.2) is 42.1 Å². The minimum atomic E-state index is -0.316. The molecule has 1 aromatic rings. The van der Waals surface area contributed by atoms with Gasteiger partial charge in [-0.15, -0.1) is 11.3 Å². The van der Waals surface area contributed by atoms with Crippen LogP contribution in [0, 0.1) is 5.92 Å². The Bertz CT molecular complexity index is 434. The van der Waals surface area contributed by atoms with E-state index in [1.54, 1.807) is 6.92 Å². The number of carbonyl (C=O) groups excluding carboxylic acids is 1. The number of likely N-dealkylation sites (tertiary alicyclic amines) is 1. The number of esters is 1. The van der Waals surface area contributed by atoms with E-state index in [-0.39, 0.29) is 5.97 Å². The van der Waals surface area contributed by atoms with Crippen molar-refractivity contribution in [1.82, 2.24) is 9.88 Å². The second kappa shape index (κ2) is 7.71. The predicted octanol–water partition coefficient (Wildman–Crippen LogP) is 1.88. The number of nitrogens with two attached hydrogens (primary N) is 1. The molecule has 2 rings (SSSR count). The summed E-state index contributed by atoms with van der Waals surface area (Å²) < 4.78 is 4.96. The third-order valence-corrected chi connectivity index (χ3v) is 4.44. The van der Waals surface area contributed by atoms with Crippen LogP contribution in [0.15, 0.2) is 5.38 Å². The second-order valence-corrected chi connectivity index (χ2v) is 6.04. The summed E-state index contributed by atoms with van der Waals surface area (Å²) in [5.74, 6) is 0.389. The van der Waals surface area contributed by atoms with Gasteiger partial charge >= 0.3 is 5.97 Å². The lowest BCUT2D eigenvalue weighted by molar-refractivity contribution is 0.0525. The van der Waals surface area contributed by atoms with Gasteiger partial charge in [-0.1, -0.05) is 0 Å². The third-order valence-electron chi connectivity index (χ3n) is 3.57. The second-order valence-electron chi connectivity index (χ2n) is 5.19. The SMILES string of the molecule is CCOC(=O)c1nc(CN2CCCC(CCN)C2)cs1. The molecule has 0 radical (unpaired) electrons. The molecule has 20 heavy (non-hydrogen) atoms. The molecule has 1 aromatic heterocycles. The topological polar surface area (TPSA) is 68.5 Å². The third kappa shape index (κ3) is 4.26. The minimum Gasteiger partial charge on any atom is -0.461 e. The van der Waals surface area contributed by atoms with Crippen LogP contribution >= 0.6 is 11.3 Å². The van der Waals surface area contributed by atoms with Crippen molar-refractivity contribution in [3.63, 3.8) is 0 Å². The van der Waals surface area contributed by atoms with Crippen molar-refractivity contribution in [2.24, 2.45) is 11.7 Å². The zero-order valence-electron chi connectivity index (χ0n) is 12.0. The first-order valence-corrected chi connectivity index (χ1v) is 8.14. The Morgan fingerprint density at radius 3 is 3.25 bits per heavy atom. The van der Waals surface area contributed by atoms with Crippen molar-refractivity contribution in [3.05, 3.63) is 16.1 Å². The zero-order valence-corrected chi connectivity index (χ0v) is 12.8. The molecule has 5 nitrogen and oxygen atoms in total. The summed E-state index contributed by atoms with van der Waals surface area (Å²) in [5.41, 5.74) is 6.61. The molecule has 0 aliphatic carbocycles. The molecular formula is C14H23N3O2S. The molecule has 0 bridgehead atoms. The summed E-state index contributed by atoms with van der Waals surface area (Å²) in [7, 11) is 0. The van der Waals surface area contributed by atoms with Gasteiger partial charge in [0.2, 0.25) is 5.01 Å². The summed E-state index contributed by atoms with van der Waals surface area (Å²) in [6.45, 7) is 5.97. The fourth-order valence-electron chi connectivity index (χ4n) is 2.66. The van der Waals surface area contributed by atoms with Gasteiger partial charge in [0.05, 0.1) is 12.3 Å². The monoisotopic (exact) mass is 297 g/mol. The van der Waals surface area contributed by atoms with E-state index < -0.39 is 0 Å². The number of hydrogen-bond acceptors (Lipinski definition) is 6. The summed E-state index contributed by atoms with van der Waals surface area (Å²) in [6.07, 6.45) is 3.60. The van der Waals surface area contributed by atoms with E-state index in [1.165, 1.54) is 24.2 Å². The molecule has 0 saturated carbocycles. The molecule has 0 aromatic carbocycles. The minimum absolute atomic E-state index is 0.316. The Kier molecular flexibility index (Phi) is 5.94. The number of hydrogen-bond donors (Lipinski definition) is 1. The first kappa shape index (κ1) is 15.4. The highest BCUT2D eigenvalue weighted by Crippen LogP contribution is 2.21. The number of nitrogens with zero attached hydrogens (tertiary/aromatic N) is 2. The van der Waals surface area contributed by atoms with Crippen molar-refractivity contribution < 1.29 is 9.53 Å². The summed E-state index contributed by atoms with van der Waals surface area (Å²) >= 11 is 1.36. The van der Waals surface area contributed by atoms with Gasteiger partial charge in [0.25, 0.3) is 0 Å². The highest BCUT2D eigenvalue weighted by Gasteiger charge is 2.20. The van der Waals surface area contributed by atoms with Crippen LogP contribution < -0.4 is 5.73 Å². The number of thiazole rings is 1. The Balaban J connectivity index is 1.88. The first-order chi connectivity index (χ1) is 9.72. The lowest BCUT2D eigenvalue weighted by Crippen LogP contribution is -2.35. The van der Waals surface area contributed by atoms with E-state index in [0.717, 1.165) is 38.3 Å². The predicted molar refractivity (Wildman–Crippen MR) is 79.7 cm³/mol. The van der Waals surface area contributed by atoms with E-state index in [9.17, 15) is 4.79 Å². The summed E-state index contributed by atoms with van der Waals surface area (Å²) in [5, 5.41) is 2.41. The molecule has 1 atom stereocenters. The Hall–Kier alpha value is -0.980. The quantitative estimate of drug-likeness (QED) is 0.812. The zero-order chi connectivity index (χ0) is 14.4. The van der Waals surface area contributed by atoms with Gasteiger partial charge in [-0.05, 0) is 45.2 Å². The Morgan fingerprint density at radius 1 is 1.65 bits per heavy atom. The molecule has 1 aliphatic heterocycles. The van der Waals surface area contributed by atoms with Gasteiger partial charge < -0.3 is 10.5 Å². The lowest BCUT2D eigenvalue weighted by atomic mass is 9.95. The lowest BCUT2D eigenvalue weighted by Gasteiger charge is -2.32. The van der Waals surface area contributed by atoms with E-state index in [0.29, 0.717) is 17.5 Å². The van der Waals surface area contributed by atoms with Crippen LogP contribution in [0.2, 0.25) is 0 Å². The molecular weight excluding hydrogens is 274 g/mol. The fourth-order valence-corrected chi connectivity index (χ4v) is 3.36. The van der Waals surface area contributed by atoms with Crippen LogP contribution in [0.5, 0.6) is 0 Å². The van der Waals surface area contributed by atoms with Gasteiger partial charge in [-0.2, -0.15) is 0 Å². The Labute approximate surface area is 124 Å². The van der Waals surface area contributed by atoms with Gasteiger partial charge in [-0.3, -0.25) is 4.90 Å². The molecule has 1 fully saturated rings. The van der Waals surface area contributed by atoms with Gasteiger partial charge in [0.1, 0.15) is 0 Å². The molecule has 0 spiro atoms. The average Bonchev–Trinajstić information content (AvgIpc) is 2.88. The number of rotatable bonds is 6. The highest BCUT2D eigenvalue weighted by atomic mass is 32.1. The molecule has 112 valence electrons. The van der Waals surface area contributed by atoms with Crippen LogP contribution in [0.4, 0.5) is 0 Å². The molecule has 1 aliphatic rings. The highest BCUT2D eigenvalue weighted by molar-refractivity contribution is 7.11. The standard InChI is InChI=1S/C14H23N3O2S/c1-2-19-14(18)13-16-12(10-20-13)9-17-7-3-4-11(8-17)5-6-15/h10-11H,2-9,15H2,1H3. The van der Waals surface area contributed by atoms with E-state index in [2.05, 4.69) is 9.88 Å². The van der Waals surface area contributed by atoms with Crippen LogP contribution in [-0.2, 0) is 11.3 Å². The maximum atomic E-state index is 11.6. The number of aromatic nitrogens is 1. The number of piperidine rings is 1. The molecule has 0 amide bonds. The molecule has 2 heterocycles. The molecule has 1 unspecified atom stereocenters. The summed E-state index contributed by atoms with van der Waals surface area (Å²) in [6, 6.07) is 0. The first-order valence-electron chi connectivity index (χ1n) is 7.26.